The number of anilines is 2. The molecule has 0 saturated carbocycles. The van der Waals surface area contributed by atoms with Gasteiger partial charge in [-0.1, -0.05) is 6.07 Å². The van der Waals surface area contributed by atoms with E-state index in [0.717, 1.165) is 31.1 Å². The number of benzene rings is 2. The predicted octanol–water partition coefficient (Wildman–Crippen LogP) is 3.90. The molecule has 1 aliphatic rings. The highest BCUT2D eigenvalue weighted by molar-refractivity contribution is 6.12. The zero-order valence-electron chi connectivity index (χ0n) is 21.5. The van der Waals surface area contributed by atoms with E-state index in [1.807, 2.05) is 31.2 Å². The summed E-state index contributed by atoms with van der Waals surface area (Å²) < 4.78 is 15.9. The van der Waals surface area contributed by atoms with Crippen molar-refractivity contribution in [2.75, 3.05) is 50.7 Å². The molecule has 0 bridgehead atoms. The molecule has 3 aromatic rings. The number of piperazine rings is 1. The Bertz CT molecular complexity index is 1240. The third-order valence-electron chi connectivity index (χ3n) is 6.70. The Morgan fingerprint density at radius 2 is 1.86 bits per heavy atom. The summed E-state index contributed by atoms with van der Waals surface area (Å²) in [6.07, 6.45) is 0. The molecule has 0 unspecified atom stereocenters. The molecule has 1 fully saturated rings. The summed E-state index contributed by atoms with van der Waals surface area (Å²) in [6, 6.07) is 13.2. The Morgan fingerprint density at radius 1 is 1.11 bits per heavy atom. The third-order valence-corrected chi connectivity index (χ3v) is 6.70. The summed E-state index contributed by atoms with van der Waals surface area (Å²) in [5.74, 6) is 0.744. The van der Waals surface area contributed by atoms with Gasteiger partial charge in [-0.3, -0.25) is 9.69 Å². The van der Waals surface area contributed by atoms with Crippen LogP contribution < -0.4 is 19.7 Å². The molecule has 4 rings (SSSR count). The highest BCUT2D eigenvalue weighted by Crippen LogP contribution is 2.32. The highest BCUT2D eigenvalue weighted by Gasteiger charge is 2.31. The molecule has 2 N–H and O–H groups in total. The van der Waals surface area contributed by atoms with Crippen LogP contribution in [0, 0.1) is 0 Å². The van der Waals surface area contributed by atoms with Crippen LogP contribution in [-0.4, -0.2) is 74.3 Å². The molecule has 1 saturated heterocycles. The number of hydrogen-bond donors (Lipinski definition) is 2. The van der Waals surface area contributed by atoms with Crippen LogP contribution in [0.4, 0.5) is 11.4 Å². The van der Waals surface area contributed by atoms with Crippen molar-refractivity contribution in [3.63, 3.8) is 0 Å². The van der Waals surface area contributed by atoms with Crippen LogP contribution in [0.1, 0.15) is 31.3 Å². The average Bonchev–Trinajstić information content (AvgIpc) is 3.25. The summed E-state index contributed by atoms with van der Waals surface area (Å²) in [5, 5.41) is 3.68. The summed E-state index contributed by atoms with van der Waals surface area (Å²) in [5.41, 5.74) is 2.44. The fourth-order valence-corrected chi connectivity index (χ4v) is 4.69. The Hall–Kier alpha value is -3.72. The average molecular weight is 495 g/mol. The van der Waals surface area contributed by atoms with Crippen LogP contribution in [-0.2, 0) is 9.53 Å². The first-order valence-electron chi connectivity index (χ1n) is 12.2. The molecule has 0 spiro atoms. The van der Waals surface area contributed by atoms with Crippen molar-refractivity contribution in [3.8, 4) is 11.5 Å². The van der Waals surface area contributed by atoms with Crippen molar-refractivity contribution >= 4 is 34.2 Å². The zero-order chi connectivity index (χ0) is 25.8. The lowest BCUT2D eigenvalue weighted by Crippen LogP contribution is -2.56. The van der Waals surface area contributed by atoms with Gasteiger partial charge >= 0.3 is 5.97 Å². The van der Waals surface area contributed by atoms with Gasteiger partial charge in [-0.25, -0.2) is 4.79 Å². The number of aromatic nitrogens is 1. The van der Waals surface area contributed by atoms with Crippen molar-refractivity contribution in [3.05, 3.63) is 48.2 Å². The lowest BCUT2D eigenvalue weighted by Gasteiger charge is -2.43. The van der Waals surface area contributed by atoms with Crippen LogP contribution in [0.3, 0.4) is 0 Å². The number of ether oxygens (including phenoxy) is 3. The largest absolute Gasteiger partial charge is 0.497 e. The van der Waals surface area contributed by atoms with Crippen molar-refractivity contribution < 1.29 is 23.8 Å². The summed E-state index contributed by atoms with van der Waals surface area (Å²) in [6.45, 7) is 8.25. The monoisotopic (exact) mass is 494 g/mol. The molecular formula is C27H34N4O5. The maximum atomic E-state index is 13.4. The molecule has 9 nitrogen and oxygen atoms in total. The number of H-pyrrole nitrogens is 1. The first kappa shape index (κ1) is 25.4. The van der Waals surface area contributed by atoms with Gasteiger partial charge in [0, 0.05) is 48.3 Å². The van der Waals surface area contributed by atoms with Gasteiger partial charge < -0.3 is 29.4 Å². The van der Waals surface area contributed by atoms with Gasteiger partial charge in [-0.2, -0.15) is 0 Å². The number of rotatable bonds is 8. The summed E-state index contributed by atoms with van der Waals surface area (Å²) >= 11 is 0. The molecule has 36 heavy (non-hydrogen) atoms. The minimum absolute atomic E-state index is 0.189. The second-order valence-electron chi connectivity index (χ2n) is 8.91. The maximum Gasteiger partial charge on any atom is 0.356 e. The molecule has 2 aromatic carbocycles. The van der Waals surface area contributed by atoms with Gasteiger partial charge in [0.2, 0.25) is 5.91 Å². The second kappa shape index (κ2) is 10.9. The number of nitrogens with one attached hydrogen (secondary N) is 2. The molecule has 0 aliphatic carbocycles. The van der Waals surface area contributed by atoms with Crippen LogP contribution in [0.25, 0.3) is 10.9 Å². The predicted molar refractivity (Wildman–Crippen MR) is 140 cm³/mol. The highest BCUT2D eigenvalue weighted by atomic mass is 16.5. The Morgan fingerprint density at radius 3 is 2.56 bits per heavy atom. The van der Waals surface area contributed by atoms with Crippen LogP contribution in [0.5, 0.6) is 11.5 Å². The van der Waals surface area contributed by atoms with Crippen LogP contribution >= 0.6 is 0 Å². The smallest absolute Gasteiger partial charge is 0.356 e. The number of carbonyl (C=O) groups excluding carboxylic acids is 2. The standard InChI is InChI=1S/C27H34N4O5/c1-6-36-27(33)25-24(22-15-21(35-5)10-11-23(22)28-25)29-26(32)18(3)30-12-13-31(17(2)16-30)19-8-7-9-20(14-19)34-4/h7-11,14-15,17-18,28H,6,12-13,16H2,1-5H3,(H,29,32)/t17-,18-/m1/s1. The lowest BCUT2D eigenvalue weighted by molar-refractivity contribution is -0.121. The molecule has 192 valence electrons. The molecule has 1 amide bonds. The van der Waals surface area contributed by atoms with Crippen molar-refractivity contribution in [1.29, 1.82) is 0 Å². The number of carbonyl (C=O) groups is 2. The van der Waals surface area contributed by atoms with E-state index in [1.54, 1.807) is 33.3 Å². The number of nitrogens with zero attached hydrogens (tertiary/aromatic N) is 2. The van der Waals surface area contributed by atoms with Crippen molar-refractivity contribution in [2.45, 2.75) is 32.9 Å². The van der Waals surface area contributed by atoms with E-state index in [1.165, 1.54) is 0 Å². The van der Waals surface area contributed by atoms with Crippen LogP contribution in [0.15, 0.2) is 42.5 Å². The first-order chi connectivity index (χ1) is 17.4. The van der Waals surface area contributed by atoms with E-state index in [2.05, 4.69) is 33.1 Å². The molecule has 0 radical (unpaired) electrons. The molecular weight excluding hydrogens is 460 g/mol. The molecule has 2 heterocycles. The Kier molecular flexibility index (Phi) is 7.69. The SMILES string of the molecule is CCOC(=O)c1[nH]c2ccc(OC)cc2c1NC(=O)[C@@H](C)N1CCN(c2cccc(OC)c2)[C@H](C)C1. The topological polar surface area (TPSA) is 96.1 Å². The summed E-state index contributed by atoms with van der Waals surface area (Å²) in [4.78, 5) is 33.6. The van der Waals surface area contributed by atoms with Gasteiger partial charge in [0.1, 0.15) is 17.2 Å². The number of hydrogen-bond acceptors (Lipinski definition) is 7. The quantitative estimate of drug-likeness (QED) is 0.459. The first-order valence-corrected chi connectivity index (χ1v) is 12.2. The fraction of sp³-hybridized carbons (Fsp3) is 0.407. The lowest BCUT2D eigenvalue weighted by atomic mass is 10.1. The number of methoxy groups -OCH3 is 2. The number of amides is 1. The van der Waals surface area contributed by atoms with E-state index in [9.17, 15) is 9.59 Å². The van der Waals surface area contributed by atoms with Gasteiger partial charge in [-0.05, 0) is 51.1 Å². The Labute approximate surface area is 211 Å². The number of esters is 1. The zero-order valence-corrected chi connectivity index (χ0v) is 21.5. The fourth-order valence-electron chi connectivity index (χ4n) is 4.69. The van der Waals surface area contributed by atoms with E-state index in [4.69, 9.17) is 14.2 Å². The van der Waals surface area contributed by atoms with Gasteiger partial charge in [-0.15, -0.1) is 0 Å². The molecule has 1 aromatic heterocycles. The Balaban J connectivity index is 1.52. The van der Waals surface area contributed by atoms with Gasteiger partial charge in [0.15, 0.2) is 0 Å². The molecule has 1 aliphatic heterocycles. The van der Waals surface area contributed by atoms with Gasteiger partial charge in [0.25, 0.3) is 0 Å². The number of fused-ring (bicyclic) bond motifs is 1. The van der Waals surface area contributed by atoms with E-state index in [-0.39, 0.29) is 24.2 Å². The normalized spacial score (nSPS) is 17.0. The van der Waals surface area contributed by atoms with E-state index < -0.39 is 12.0 Å². The maximum absolute atomic E-state index is 13.4. The van der Waals surface area contributed by atoms with Crippen LogP contribution in [0.2, 0.25) is 0 Å². The second-order valence-corrected chi connectivity index (χ2v) is 8.91. The molecule has 2 atom stereocenters. The number of aromatic amines is 1. The summed E-state index contributed by atoms with van der Waals surface area (Å²) in [7, 11) is 3.24. The van der Waals surface area contributed by atoms with Gasteiger partial charge in [0.05, 0.1) is 32.6 Å². The minimum Gasteiger partial charge on any atom is -0.497 e. The minimum atomic E-state index is -0.517. The molecule has 9 heteroatoms. The van der Waals surface area contributed by atoms with Crippen molar-refractivity contribution in [2.24, 2.45) is 0 Å². The van der Waals surface area contributed by atoms with Crippen molar-refractivity contribution in [1.82, 2.24) is 9.88 Å². The third kappa shape index (κ3) is 5.11. The van der Waals surface area contributed by atoms with E-state index in [0.29, 0.717) is 22.3 Å². The van der Waals surface area contributed by atoms with E-state index >= 15 is 0 Å².